The van der Waals surface area contributed by atoms with Gasteiger partial charge in [0, 0.05) is 36.7 Å². The predicted octanol–water partition coefficient (Wildman–Crippen LogP) is 2.31. The molecule has 5 nitrogen and oxygen atoms in total. The number of hydrogen-bond donors (Lipinski definition) is 0. The second kappa shape index (κ2) is 5.43. The summed E-state index contributed by atoms with van der Waals surface area (Å²) in [5.74, 6) is 0.784. The lowest BCUT2D eigenvalue weighted by Gasteiger charge is -2.55. The summed E-state index contributed by atoms with van der Waals surface area (Å²) in [6.07, 6.45) is 3.81. The number of ether oxygens (including phenoxy) is 2. The number of nitrogens with zero attached hydrogens (tertiary/aromatic N) is 2. The van der Waals surface area contributed by atoms with Gasteiger partial charge in [0.2, 0.25) is 6.29 Å². The number of piperidine rings is 1. The fourth-order valence-corrected chi connectivity index (χ4v) is 7.11. The zero-order valence-corrected chi connectivity index (χ0v) is 15.9. The van der Waals surface area contributed by atoms with Crippen molar-refractivity contribution in [1.29, 1.82) is 0 Å². The van der Waals surface area contributed by atoms with E-state index in [4.69, 9.17) is 9.47 Å². The number of rotatable bonds is 1. The van der Waals surface area contributed by atoms with Crippen LogP contribution in [0.3, 0.4) is 0 Å². The largest absolute Gasteiger partial charge is 0.348 e. The van der Waals surface area contributed by atoms with Gasteiger partial charge in [0.15, 0.2) is 0 Å². The lowest BCUT2D eigenvalue weighted by atomic mass is 9.55. The topological polar surface area (TPSA) is 42.0 Å². The number of amides is 1. The first-order chi connectivity index (χ1) is 13.2. The van der Waals surface area contributed by atoms with E-state index in [0.717, 1.165) is 25.2 Å². The van der Waals surface area contributed by atoms with Crippen LogP contribution in [0.15, 0.2) is 35.9 Å². The Bertz CT molecular complexity index is 852. The van der Waals surface area contributed by atoms with Crippen molar-refractivity contribution < 1.29 is 14.3 Å². The fourth-order valence-electron chi connectivity index (χ4n) is 7.11. The Morgan fingerprint density at radius 2 is 2.19 bits per heavy atom. The number of carbonyl (C=O) groups excluding carboxylic acids is 1. The molecule has 5 aliphatic rings. The molecule has 1 aliphatic carbocycles. The van der Waals surface area contributed by atoms with Crippen LogP contribution in [0.1, 0.15) is 25.3 Å². The summed E-state index contributed by atoms with van der Waals surface area (Å²) in [7, 11) is 1.57. The first-order valence-electron chi connectivity index (χ1n) is 10.2. The summed E-state index contributed by atoms with van der Waals surface area (Å²) in [6.45, 7) is 4.94. The molecule has 6 atom stereocenters. The first-order valence-corrected chi connectivity index (χ1v) is 10.2. The van der Waals surface area contributed by atoms with Gasteiger partial charge in [0.25, 0.3) is 5.91 Å². The van der Waals surface area contributed by atoms with Gasteiger partial charge in [-0.15, -0.1) is 0 Å². The van der Waals surface area contributed by atoms with Gasteiger partial charge in [-0.25, -0.2) is 0 Å². The van der Waals surface area contributed by atoms with E-state index >= 15 is 0 Å². The summed E-state index contributed by atoms with van der Waals surface area (Å²) in [4.78, 5) is 18.2. The number of anilines is 1. The molecule has 4 heterocycles. The molecule has 142 valence electrons. The summed E-state index contributed by atoms with van der Waals surface area (Å²) in [6, 6.07) is 9.28. The van der Waals surface area contributed by atoms with Crippen LogP contribution in [0.25, 0.3) is 0 Å². The highest BCUT2D eigenvalue weighted by Gasteiger charge is 2.69. The van der Waals surface area contributed by atoms with E-state index in [1.165, 1.54) is 17.6 Å². The average molecular weight is 366 g/mol. The van der Waals surface area contributed by atoms with Gasteiger partial charge in [-0.2, -0.15) is 0 Å². The maximum atomic E-state index is 13.4. The Morgan fingerprint density at radius 1 is 1.33 bits per heavy atom. The van der Waals surface area contributed by atoms with E-state index in [0.29, 0.717) is 24.5 Å². The van der Waals surface area contributed by atoms with Gasteiger partial charge < -0.3 is 14.4 Å². The quantitative estimate of drug-likeness (QED) is 0.716. The Kier molecular flexibility index (Phi) is 3.28. The Labute approximate surface area is 159 Å². The number of benzene rings is 1. The molecule has 6 rings (SSSR count). The van der Waals surface area contributed by atoms with Crippen LogP contribution in [-0.2, 0) is 19.7 Å². The average Bonchev–Trinajstić information content (AvgIpc) is 3.18. The molecule has 1 amide bonds. The molecule has 1 aromatic rings. The molecule has 0 N–H and O–H groups in total. The zero-order valence-electron chi connectivity index (χ0n) is 15.9. The van der Waals surface area contributed by atoms with Crippen LogP contribution in [-0.4, -0.2) is 56.0 Å². The molecule has 0 radical (unpaired) electrons. The normalized spacial score (nSPS) is 43.6. The third-order valence-electron chi connectivity index (χ3n) is 8.04. The van der Waals surface area contributed by atoms with Gasteiger partial charge in [-0.3, -0.25) is 9.69 Å². The van der Waals surface area contributed by atoms with E-state index < -0.39 is 6.29 Å². The van der Waals surface area contributed by atoms with E-state index in [2.05, 4.69) is 47.1 Å². The smallest absolute Gasteiger partial charge is 0.284 e. The van der Waals surface area contributed by atoms with Crippen LogP contribution >= 0.6 is 0 Å². The van der Waals surface area contributed by atoms with Crippen molar-refractivity contribution in [3.8, 4) is 0 Å². The molecule has 4 fully saturated rings. The van der Waals surface area contributed by atoms with Crippen LogP contribution in [0.4, 0.5) is 5.69 Å². The number of carbonyl (C=O) groups is 1. The number of methoxy groups -OCH3 is 1. The lowest BCUT2D eigenvalue weighted by Crippen LogP contribution is -2.65. The van der Waals surface area contributed by atoms with Gasteiger partial charge in [-0.1, -0.05) is 29.8 Å². The molecule has 27 heavy (non-hydrogen) atoms. The first kappa shape index (κ1) is 16.3. The molecule has 0 unspecified atom stereocenters. The highest BCUT2D eigenvalue weighted by atomic mass is 16.7. The van der Waals surface area contributed by atoms with E-state index in [9.17, 15) is 4.79 Å². The summed E-state index contributed by atoms with van der Waals surface area (Å²) in [5.41, 5.74) is 4.02. The molecule has 1 aromatic carbocycles. The highest BCUT2D eigenvalue weighted by molar-refractivity contribution is 6.00. The third-order valence-corrected chi connectivity index (χ3v) is 8.04. The van der Waals surface area contributed by atoms with E-state index in [1.54, 1.807) is 7.11 Å². The van der Waals surface area contributed by atoms with Crippen molar-refractivity contribution in [2.45, 2.75) is 43.6 Å². The summed E-state index contributed by atoms with van der Waals surface area (Å²) < 4.78 is 11.5. The molecular weight excluding hydrogens is 340 g/mol. The van der Waals surface area contributed by atoms with Crippen molar-refractivity contribution in [2.24, 2.45) is 11.8 Å². The van der Waals surface area contributed by atoms with Gasteiger partial charge >= 0.3 is 0 Å². The minimum absolute atomic E-state index is 0.0326. The lowest BCUT2D eigenvalue weighted by molar-refractivity contribution is -0.162. The number of allylic oxidation sites excluding steroid dienone is 1. The van der Waals surface area contributed by atoms with Crippen molar-refractivity contribution in [3.63, 3.8) is 0 Å². The molecule has 0 aromatic heterocycles. The predicted molar refractivity (Wildman–Crippen MR) is 101 cm³/mol. The molecule has 5 heteroatoms. The Balaban J connectivity index is 1.62. The van der Waals surface area contributed by atoms with Gasteiger partial charge in [0.05, 0.1) is 12.6 Å². The van der Waals surface area contributed by atoms with Crippen LogP contribution in [0.2, 0.25) is 0 Å². The molecule has 3 saturated heterocycles. The molecule has 1 saturated carbocycles. The second-order valence-corrected chi connectivity index (χ2v) is 8.72. The number of para-hydroxylation sites is 1. The monoisotopic (exact) mass is 366 g/mol. The Hall–Kier alpha value is -1.69. The molecule has 2 bridgehead atoms. The van der Waals surface area contributed by atoms with Crippen molar-refractivity contribution in [1.82, 2.24) is 4.90 Å². The van der Waals surface area contributed by atoms with Crippen molar-refractivity contribution in [2.75, 3.05) is 31.7 Å². The summed E-state index contributed by atoms with van der Waals surface area (Å²) in [5, 5.41) is 0. The van der Waals surface area contributed by atoms with E-state index in [-0.39, 0.29) is 17.4 Å². The van der Waals surface area contributed by atoms with Gasteiger partial charge in [0.1, 0.15) is 0 Å². The third kappa shape index (κ3) is 1.79. The maximum Gasteiger partial charge on any atom is 0.284 e. The standard InChI is InChI=1S/C22H26N2O3/c1-3-13-11-23-9-8-22-16-6-4-5-7-17(16)24-19(22)15(14(13)10-18(22)23)12-27-21(26-2)20(24)25/h3-7,14-15,18-19,21H,8-12H2,1-2H3/t14-,15+,18-,19-,21-,22+/m0/s1. The van der Waals surface area contributed by atoms with Crippen molar-refractivity contribution in [3.05, 3.63) is 41.5 Å². The van der Waals surface area contributed by atoms with Crippen LogP contribution in [0.5, 0.6) is 0 Å². The van der Waals surface area contributed by atoms with Crippen molar-refractivity contribution >= 4 is 11.6 Å². The van der Waals surface area contributed by atoms with Gasteiger partial charge in [-0.05, 0) is 43.9 Å². The molecule has 1 spiro atoms. The molecular formula is C22H26N2O3. The number of hydrogen-bond acceptors (Lipinski definition) is 4. The van der Waals surface area contributed by atoms with E-state index in [1.807, 2.05) is 0 Å². The molecule has 4 aliphatic heterocycles. The Morgan fingerprint density at radius 3 is 3.00 bits per heavy atom. The minimum Gasteiger partial charge on any atom is -0.348 e. The highest BCUT2D eigenvalue weighted by Crippen LogP contribution is 2.63. The fraction of sp³-hybridized carbons (Fsp3) is 0.591. The maximum absolute atomic E-state index is 13.4. The summed E-state index contributed by atoms with van der Waals surface area (Å²) >= 11 is 0. The van der Waals surface area contributed by atoms with Crippen LogP contribution < -0.4 is 4.90 Å². The minimum atomic E-state index is -0.801. The number of fused-ring (bicyclic) bond motifs is 4. The van der Waals surface area contributed by atoms with Crippen LogP contribution in [0, 0.1) is 11.8 Å². The second-order valence-electron chi connectivity index (χ2n) is 8.72. The zero-order chi connectivity index (χ0) is 18.3. The SMILES string of the molecule is CC=C1CN2CC[C@]34c5ccccc5N5C(=O)[C@@H](OC)OC[C@@H]([C@H]53)[C@H]1C[C@H]24.